The molecule has 1 nitrogen and oxygen atoms in total. The Kier molecular flexibility index (Phi) is 2.50. The van der Waals surface area contributed by atoms with Gasteiger partial charge < -0.3 is 5.73 Å². The van der Waals surface area contributed by atoms with Crippen LogP contribution in [0.4, 0.5) is 8.78 Å². The summed E-state index contributed by atoms with van der Waals surface area (Å²) in [5, 5.41) is 0. The second-order valence-corrected chi connectivity index (χ2v) is 3.88. The van der Waals surface area contributed by atoms with E-state index >= 15 is 0 Å². The highest BCUT2D eigenvalue weighted by Gasteiger charge is 2.31. The van der Waals surface area contributed by atoms with Gasteiger partial charge in [-0.1, -0.05) is 0 Å². The molecule has 0 amide bonds. The number of nitrogens with two attached hydrogens (primary N) is 1. The maximum Gasteiger partial charge on any atom is 0.126 e. The van der Waals surface area contributed by atoms with Crippen LogP contribution in [0, 0.1) is 17.6 Å². The molecule has 1 aromatic carbocycles. The second-order valence-electron chi connectivity index (χ2n) is 3.88. The zero-order chi connectivity index (χ0) is 10.1. The van der Waals surface area contributed by atoms with E-state index in [9.17, 15) is 8.78 Å². The topological polar surface area (TPSA) is 26.0 Å². The Morgan fingerprint density at radius 1 is 1.14 bits per heavy atom. The minimum atomic E-state index is -0.498. The first-order valence-corrected chi connectivity index (χ1v) is 4.87. The lowest BCUT2D eigenvalue weighted by Gasteiger charge is -2.36. The molecule has 14 heavy (non-hydrogen) atoms. The summed E-state index contributed by atoms with van der Waals surface area (Å²) in [5.41, 5.74) is 6.30. The molecule has 0 bridgehead atoms. The van der Waals surface area contributed by atoms with E-state index in [4.69, 9.17) is 5.73 Å². The summed E-state index contributed by atoms with van der Waals surface area (Å²) in [4.78, 5) is 0. The molecule has 2 atom stereocenters. The number of benzene rings is 1. The average Bonchev–Trinajstić information content (AvgIpc) is 2.00. The third-order valence-corrected chi connectivity index (χ3v) is 3.03. The zero-order valence-corrected chi connectivity index (χ0v) is 7.84. The molecule has 0 aliphatic heterocycles. The normalized spacial score (nSPS) is 25.9. The molecule has 3 heteroatoms. The summed E-state index contributed by atoms with van der Waals surface area (Å²) < 4.78 is 25.8. The van der Waals surface area contributed by atoms with Crippen LogP contribution in [0.1, 0.15) is 24.3 Å². The van der Waals surface area contributed by atoms with Crippen LogP contribution in [0.3, 0.4) is 0 Å². The van der Waals surface area contributed by atoms with Crippen molar-refractivity contribution < 1.29 is 8.78 Å². The second kappa shape index (κ2) is 3.65. The van der Waals surface area contributed by atoms with Crippen molar-refractivity contribution in [2.75, 3.05) is 6.54 Å². The molecule has 2 N–H and O–H groups in total. The van der Waals surface area contributed by atoms with E-state index in [0.29, 0.717) is 12.5 Å². The van der Waals surface area contributed by atoms with Crippen LogP contribution < -0.4 is 5.73 Å². The lowest BCUT2D eigenvalue weighted by molar-refractivity contribution is 0.262. The summed E-state index contributed by atoms with van der Waals surface area (Å²) >= 11 is 0. The molecule has 76 valence electrons. The molecule has 1 aliphatic carbocycles. The van der Waals surface area contributed by atoms with Crippen LogP contribution in [-0.4, -0.2) is 6.54 Å². The summed E-state index contributed by atoms with van der Waals surface area (Å²) in [5.74, 6) is -0.341. The quantitative estimate of drug-likeness (QED) is 0.774. The molecule has 1 aliphatic rings. The lowest BCUT2D eigenvalue weighted by atomic mass is 9.70. The van der Waals surface area contributed by atoms with Crippen molar-refractivity contribution in [2.45, 2.75) is 18.8 Å². The summed E-state index contributed by atoms with van der Waals surface area (Å²) in [6.07, 6.45) is 2.06. The molecular formula is C11H13F2N. The molecule has 0 heterocycles. The predicted molar refractivity (Wildman–Crippen MR) is 50.9 cm³/mol. The van der Waals surface area contributed by atoms with Crippen molar-refractivity contribution in [1.82, 2.24) is 0 Å². The Morgan fingerprint density at radius 3 is 2.21 bits per heavy atom. The van der Waals surface area contributed by atoms with Crippen molar-refractivity contribution in [3.63, 3.8) is 0 Å². The Bertz CT molecular complexity index is 316. The van der Waals surface area contributed by atoms with E-state index in [2.05, 4.69) is 0 Å². The lowest BCUT2D eigenvalue weighted by Crippen LogP contribution is -2.30. The van der Waals surface area contributed by atoms with E-state index in [1.807, 2.05) is 0 Å². The molecule has 0 saturated heterocycles. The monoisotopic (exact) mass is 197 g/mol. The molecule has 1 saturated carbocycles. The zero-order valence-electron chi connectivity index (χ0n) is 7.84. The van der Waals surface area contributed by atoms with Gasteiger partial charge in [-0.15, -0.1) is 0 Å². The summed E-state index contributed by atoms with van der Waals surface area (Å²) in [6, 6.07) is 3.73. The third kappa shape index (κ3) is 1.64. The average molecular weight is 197 g/mol. The van der Waals surface area contributed by atoms with Crippen LogP contribution in [0.2, 0.25) is 0 Å². The Hall–Kier alpha value is -0.960. The fourth-order valence-corrected chi connectivity index (χ4v) is 2.08. The van der Waals surface area contributed by atoms with Crippen molar-refractivity contribution in [3.8, 4) is 0 Å². The van der Waals surface area contributed by atoms with E-state index in [-0.39, 0.29) is 5.92 Å². The maximum absolute atomic E-state index is 12.9. The fourth-order valence-electron chi connectivity index (χ4n) is 2.08. The smallest absolute Gasteiger partial charge is 0.126 e. The Labute approximate surface area is 81.9 Å². The van der Waals surface area contributed by atoms with Crippen molar-refractivity contribution in [1.29, 1.82) is 0 Å². The van der Waals surface area contributed by atoms with Gasteiger partial charge in [0, 0.05) is 6.07 Å². The van der Waals surface area contributed by atoms with Crippen molar-refractivity contribution in [2.24, 2.45) is 11.7 Å². The first kappa shape index (κ1) is 9.59. The molecule has 2 unspecified atom stereocenters. The van der Waals surface area contributed by atoms with Gasteiger partial charge in [-0.3, -0.25) is 0 Å². The third-order valence-electron chi connectivity index (χ3n) is 3.03. The molecule has 0 radical (unpaired) electrons. The van der Waals surface area contributed by atoms with Gasteiger partial charge in [-0.2, -0.15) is 0 Å². The number of hydrogen-bond donors (Lipinski definition) is 1. The first-order chi connectivity index (χ1) is 6.70. The van der Waals surface area contributed by atoms with Crippen LogP contribution in [-0.2, 0) is 0 Å². The van der Waals surface area contributed by atoms with Crippen LogP contribution in [0.15, 0.2) is 18.2 Å². The van der Waals surface area contributed by atoms with Crippen molar-refractivity contribution in [3.05, 3.63) is 35.4 Å². The molecule has 0 aromatic heterocycles. The van der Waals surface area contributed by atoms with Crippen molar-refractivity contribution >= 4 is 0 Å². The van der Waals surface area contributed by atoms with Gasteiger partial charge in [0.2, 0.25) is 0 Å². The maximum atomic E-state index is 12.9. The molecule has 1 fully saturated rings. The SMILES string of the molecule is NCC1CCC1c1cc(F)cc(F)c1. The van der Waals surface area contributed by atoms with Gasteiger partial charge in [0.1, 0.15) is 11.6 Å². The number of halogens is 2. The van der Waals surface area contributed by atoms with E-state index in [1.54, 1.807) is 0 Å². The van der Waals surface area contributed by atoms with E-state index in [1.165, 1.54) is 12.1 Å². The van der Waals surface area contributed by atoms with Gasteiger partial charge in [0.25, 0.3) is 0 Å². The standard InChI is InChI=1S/C11H13F2N/c12-9-3-8(4-10(13)5-9)11-2-1-7(11)6-14/h3-5,7,11H,1-2,6,14H2. The molecule has 0 spiro atoms. The fraction of sp³-hybridized carbons (Fsp3) is 0.455. The van der Waals surface area contributed by atoms with Crippen LogP contribution >= 0.6 is 0 Å². The highest BCUT2D eigenvalue weighted by Crippen LogP contribution is 2.42. The first-order valence-electron chi connectivity index (χ1n) is 4.87. The predicted octanol–water partition coefficient (Wildman–Crippen LogP) is 2.42. The Balaban J connectivity index is 2.23. The largest absolute Gasteiger partial charge is 0.330 e. The Morgan fingerprint density at radius 2 is 1.79 bits per heavy atom. The van der Waals surface area contributed by atoms with E-state index < -0.39 is 11.6 Å². The van der Waals surface area contributed by atoms with Crippen LogP contribution in [0.5, 0.6) is 0 Å². The summed E-state index contributed by atoms with van der Waals surface area (Å²) in [7, 11) is 0. The number of rotatable bonds is 2. The molecular weight excluding hydrogens is 184 g/mol. The highest BCUT2D eigenvalue weighted by molar-refractivity contribution is 5.24. The van der Waals surface area contributed by atoms with Gasteiger partial charge in [-0.05, 0) is 48.9 Å². The van der Waals surface area contributed by atoms with Gasteiger partial charge in [0.15, 0.2) is 0 Å². The minimum Gasteiger partial charge on any atom is -0.330 e. The van der Waals surface area contributed by atoms with Crippen LogP contribution in [0.25, 0.3) is 0 Å². The highest BCUT2D eigenvalue weighted by atomic mass is 19.1. The van der Waals surface area contributed by atoms with Gasteiger partial charge >= 0.3 is 0 Å². The summed E-state index contributed by atoms with van der Waals surface area (Å²) in [6.45, 7) is 0.600. The van der Waals surface area contributed by atoms with E-state index in [0.717, 1.165) is 24.5 Å². The molecule has 1 aromatic rings. The van der Waals surface area contributed by atoms with Gasteiger partial charge in [0.05, 0.1) is 0 Å². The minimum absolute atomic E-state index is 0.255. The van der Waals surface area contributed by atoms with Gasteiger partial charge in [-0.25, -0.2) is 8.78 Å². The molecule has 2 rings (SSSR count). The number of hydrogen-bond acceptors (Lipinski definition) is 1.